The molecule has 1 saturated heterocycles. The van der Waals surface area contributed by atoms with Gasteiger partial charge < -0.3 is 0 Å². The molecule has 0 unspecified atom stereocenters. The predicted octanol–water partition coefficient (Wildman–Crippen LogP) is 3.28. The van der Waals surface area contributed by atoms with Crippen molar-refractivity contribution < 1.29 is 4.79 Å². The number of halogens is 3. The Labute approximate surface area is 108 Å². The number of nitrogens with one attached hydrogen (secondary N) is 1. The molecule has 1 aromatic carbocycles. The van der Waals surface area contributed by atoms with Gasteiger partial charge in [-0.2, -0.15) is 0 Å². The molecule has 1 aliphatic heterocycles. The Balaban J connectivity index is 2.30. The highest BCUT2D eigenvalue weighted by Crippen LogP contribution is 2.34. The van der Waals surface area contributed by atoms with Gasteiger partial charge in [0, 0.05) is 13.0 Å². The van der Waals surface area contributed by atoms with Crippen molar-refractivity contribution in [3.63, 3.8) is 0 Å². The summed E-state index contributed by atoms with van der Waals surface area (Å²) in [4.78, 5) is 11.2. The first-order chi connectivity index (χ1) is 7.58. The van der Waals surface area contributed by atoms with E-state index in [0.29, 0.717) is 21.5 Å². The Bertz CT molecular complexity index is 413. The number of amides is 1. The van der Waals surface area contributed by atoms with Crippen LogP contribution in [0.4, 0.5) is 5.69 Å². The highest BCUT2D eigenvalue weighted by molar-refractivity contribution is 6.48. The van der Waals surface area contributed by atoms with Gasteiger partial charge >= 0.3 is 0 Å². The summed E-state index contributed by atoms with van der Waals surface area (Å²) < 4.78 is 0. The fourth-order valence-electron chi connectivity index (χ4n) is 1.55. The Hall–Kier alpha value is -0.640. The van der Waals surface area contributed by atoms with Crippen LogP contribution < -0.4 is 10.4 Å². The zero-order chi connectivity index (χ0) is 11.7. The normalized spacial score (nSPS) is 16.2. The van der Waals surface area contributed by atoms with Gasteiger partial charge in [-0.15, -0.1) is 0 Å². The van der Waals surface area contributed by atoms with E-state index < -0.39 is 0 Å². The number of nitrogens with zero attached hydrogens (tertiary/aromatic N) is 1. The van der Waals surface area contributed by atoms with Crippen molar-refractivity contribution in [2.75, 3.05) is 11.6 Å². The monoisotopic (exact) mass is 278 g/mol. The molecule has 0 saturated carbocycles. The maximum atomic E-state index is 11.2. The number of hydrogen-bond acceptors (Lipinski definition) is 2. The van der Waals surface area contributed by atoms with Crippen molar-refractivity contribution in [2.45, 2.75) is 12.8 Å². The molecule has 1 aliphatic rings. The van der Waals surface area contributed by atoms with Crippen LogP contribution in [-0.2, 0) is 4.79 Å². The summed E-state index contributed by atoms with van der Waals surface area (Å²) in [5.74, 6) is -0.00607. The van der Waals surface area contributed by atoms with Crippen molar-refractivity contribution in [1.82, 2.24) is 5.43 Å². The molecule has 0 radical (unpaired) electrons. The molecule has 0 aliphatic carbocycles. The lowest BCUT2D eigenvalue weighted by Gasteiger charge is -2.29. The van der Waals surface area contributed by atoms with Gasteiger partial charge in [-0.05, 0) is 18.6 Å². The first-order valence-electron chi connectivity index (χ1n) is 4.79. The van der Waals surface area contributed by atoms with Crippen LogP contribution in [0.15, 0.2) is 12.1 Å². The molecule has 0 atom stereocenters. The third-order valence-electron chi connectivity index (χ3n) is 2.33. The van der Waals surface area contributed by atoms with Crippen LogP contribution in [-0.4, -0.2) is 12.5 Å². The molecular weight excluding hydrogens is 270 g/mol. The molecule has 0 bridgehead atoms. The van der Waals surface area contributed by atoms with E-state index in [1.165, 1.54) is 0 Å². The third kappa shape index (κ3) is 2.37. The fourth-order valence-corrected chi connectivity index (χ4v) is 2.14. The van der Waals surface area contributed by atoms with Gasteiger partial charge in [-0.25, -0.2) is 0 Å². The molecule has 2 rings (SSSR count). The van der Waals surface area contributed by atoms with Gasteiger partial charge in [0.25, 0.3) is 0 Å². The smallest absolute Gasteiger partial charge is 0.238 e. The molecule has 0 aromatic heterocycles. The number of carbonyl (C=O) groups excluding carboxylic acids is 1. The molecule has 1 fully saturated rings. The number of hydrazine groups is 1. The Morgan fingerprint density at radius 2 is 1.81 bits per heavy atom. The van der Waals surface area contributed by atoms with Gasteiger partial charge in [0.15, 0.2) is 0 Å². The van der Waals surface area contributed by atoms with Crippen LogP contribution in [0.5, 0.6) is 0 Å². The van der Waals surface area contributed by atoms with E-state index in [4.69, 9.17) is 34.8 Å². The zero-order valence-electron chi connectivity index (χ0n) is 8.27. The van der Waals surface area contributed by atoms with E-state index in [0.717, 1.165) is 18.7 Å². The topological polar surface area (TPSA) is 32.3 Å². The predicted molar refractivity (Wildman–Crippen MR) is 66.2 cm³/mol. The van der Waals surface area contributed by atoms with Gasteiger partial charge in [0.2, 0.25) is 5.91 Å². The van der Waals surface area contributed by atoms with Gasteiger partial charge in [0.1, 0.15) is 0 Å². The largest absolute Gasteiger partial charge is 0.285 e. The molecule has 1 N–H and O–H groups in total. The van der Waals surface area contributed by atoms with E-state index in [1.54, 1.807) is 17.1 Å². The lowest BCUT2D eigenvalue weighted by atomic mass is 10.2. The van der Waals surface area contributed by atoms with Crippen LogP contribution in [0.1, 0.15) is 12.8 Å². The van der Waals surface area contributed by atoms with E-state index >= 15 is 0 Å². The summed E-state index contributed by atoms with van der Waals surface area (Å²) in [6.07, 6.45) is 1.36. The molecular formula is C10H9Cl3N2O. The molecule has 86 valence electrons. The van der Waals surface area contributed by atoms with Crippen molar-refractivity contribution in [2.24, 2.45) is 0 Å². The maximum absolute atomic E-state index is 11.2. The number of carbonyl (C=O) groups is 1. The highest BCUT2D eigenvalue weighted by atomic mass is 35.5. The zero-order valence-corrected chi connectivity index (χ0v) is 10.5. The van der Waals surface area contributed by atoms with Gasteiger partial charge in [0.05, 0.1) is 20.8 Å². The molecule has 1 amide bonds. The molecule has 1 heterocycles. The lowest BCUT2D eigenvalue weighted by Crippen LogP contribution is -2.46. The summed E-state index contributed by atoms with van der Waals surface area (Å²) in [5, 5.41) is 2.81. The van der Waals surface area contributed by atoms with Crippen LogP contribution in [0.3, 0.4) is 0 Å². The summed E-state index contributed by atoms with van der Waals surface area (Å²) in [5.41, 5.74) is 3.48. The van der Waals surface area contributed by atoms with Crippen molar-refractivity contribution >= 4 is 46.4 Å². The second-order valence-corrected chi connectivity index (χ2v) is 4.71. The van der Waals surface area contributed by atoms with Crippen molar-refractivity contribution in [3.05, 3.63) is 27.2 Å². The minimum atomic E-state index is -0.00607. The summed E-state index contributed by atoms with van der Waals surface area (Å²) in [6.45, 7) is 0.736. The highest BCUT2D eigenvalue weighted by Gasteiger charge is 2.17. The minimum absolute atomic E-state index is 0.00607. The second kappa shape index (κ2) is 4.70. The van der Waals surface area contributed by atoms with Crippen molar-refractivity contribution in [3.8, 4) is 0 Å². The molecule has 0 spiro atoms. The molecule has 3 nitrogen and oxygen atoms in total. The first-order valence-corrected chi connectivity index (χ1v) is 5.93. The second-order valence-electron chi connectivity index (χ2n) is 3.51. The lowest BCUT2D eigenvalue weighted by molar-refractivity contribution is -0.122. The standard InChI is InChI=1S/C10H9Cl3N2O/c11-7-4-6(5-8(12)10(7)13)15-3-1-2-9(16)14-15/h4-5H,1-3H2,(H,14,16). The maximum Gasteiger partial charge on any atom is 0.238 e. The summed E-state index contributed by atoms with van der Waals surface area (Å²) >= 11 is 17.7. The van der Waals surface area contributed by atoms with E-state index in [-0.39, 0.29) is 5.91 Å². The third-order valence-corrected chi connectivity index (χ3v) is 3.52. The van der Waals surface area contributed by atoms with Gasteiger partial charge in [-0.3, -0.25) is 15.2 Å². The number of anilines is 1. The van der Waals surface area contributed by atoms with Gasteiger partial charge in [-0.1, -0.05) is 34.8 Å². The molecule has 1 aromatic rings. The van der Waals surface area contributed by atoms with Crippen LogP contribution >= 0.6 is 34.8 Å². The fraction of sp³-hybridized carbons (Fsp3) is 0.300. The van der Waals surface area contributed by atoms with Crippen LogP contribution in [0, 0.1) is 0 Å². The number of rotatable bonds is 1. The molecule has 16 heavy (non-hydrogen) atoms. The summed E-state index contributed by atoms with van der Waals surface area (Å²) in [7, 11) is 0. The Morgan fingerprint density at radius 1 is 1.19 bits per heavy atom. The van der Waals surface area contributed by atoms with E-state index in [1.807, 2.05) is 0 Å². The van der Waals surface area contributed by atoms with E-state index in [2.05, 4.69) is 5.43 Å². The number of benzene rings is 1. The average Bonchev–Trinajstić information content (AvgIpc) is 2.25. The minimum Gasteiger partial charge on any atom is -0.285 e. The van der Waals surface area contributed by atoms with E-state index in [9.17, 15) is 4.79 Å². The summed E-state index contributed by atoms with van der Waals surface area (Å²) in [6, 6.07) is 3.36. The number of hydrogen-bond donors (Lipinski definition) is 1. The van der Waals surface area contributed by atoms with Crippen LogP contribution in [0.25, 0.3) is 0 Å². The Morgan fingerprint density at radius 3 is 2.38 bits per heavy atom. The van der Waals surface area contributed by atoms with Crippen molar-refractivity contribution in [1.29, 1.82) is 0 Å². The molecule has 6 heteroatoms. The average molecular weight is 280 g/mol. The Kier molecular flexibility index (Phi) is 3.47. The first kappa shape index (κ1) is 11.8. The van der Waals surface area contributed by atoms with Crippen LogP contribution in [0.2, 0.25) is 15.1 Å². The SMILES string of the molecule is O=C1CCCN(c2cc(Cl)c(Cl)c(Cl)c2)N1. The quantitative estimate of drug-likeness (QED) is 0.800.